The summed E-state index contributed by atoms with van der Waals surface area (Å²) in [4.78, 5) is 25.0. The van der Waals surface area contributed by atoms with Gasteiger partial charge in [-0.1, -0.05) is 36.4 Å². The third-order valence-corrected chi connectivity index (χ3v) is 5.25. The molecular formula is C20H20FN3O2S. The number of nitrogens with zero attached hydrogens (tertiary/aromatic N) is 2. The second-order valence-electron chi connectivity index (χ2n) is 6.07. The van der Waals surface area contributed by atoms with Gasteiger partial charge in [-0.3, -0.25) is 14.3 Å². The number of rotatable bonds is 6. The van der Waals surface area contributed by atoms with E-state index in [0.717, 1.165) is 5.69 Å². The second-order valence-corrected chi connectivity index (χ2v) is 7.05. The predicted molar refractivity (Wildman–Crippen MR) is 107 cm³/mol. The molecule has 3 aromatic rings. The van der Waals surface area contributed by atoms with E-state index in [4.69, 9.17) is 0 Å². The van der Waals surface area contributed by atoms with E-state index in [1.807, 2.05) is 30.3 Å². The summed E-state index contributed by atoms with van der Waals surface area (Å²) in [5, 5.41) is 2.70. The zero-order chi connectivity index (χ0) is 19.4. The molecule has 2 aromatic carbocycles. The summed E-state index contributed by atoms with van der Waals surface area (Å²) >= 11 is 1.30. The number of anilines is 1. The Labute approximate surface area is 160 Å². The summed E-state index contributed by atoms with van der Waals surface area (Å²) in [7, 11) is 1.77. The van der Waals surface area contributed by atoms with Gasteiger partial charge >= 0.3 is 0 Å². The molecule has 0 bridgehead atoms. The molecule has 0 aliphatic carbocycles. The first-order valence-corrected chi connectivity index (χ1v) is 9.59. The van der Waals surface area contributed by atoms with Crippen LogP contribution in [0, 0.1) is 12.7 Å². The molecule has 27 heavy (non-hydrogen) atoms. The van der Waals surface area contributed by atoms with Gasteiger partial charge < -0.3 is 5.32 Å². The van der Waals surface area contributed by atoms with Crippen LogP contribution in [0.5, 0.6) is 0 Å². The fourth-order valence-corrected chi connectivity index (χ4v) is 3.57. The number of carbonyl (C=O) groups excluding carboxylic acids is 1. The minimum Gasteiger partial charge on any atom is -0.319 e. The van der Waals surface area contributed by atoms with E-state index in [9.17, 15) is 14.0 Å². The van der Waals surface area contributed by atoms with Crippen LogP contribution >= 0.6 is 11.8 Å². The van der Waals surface area contributed by atoms with Crippen molar-refractivity contribution in [3.05, 3.63) is 82.0 Å². The van der Waals surface area contributed by atoms with Crippen molar-refractivity contribution >= 4 is 23.4 Å². The molecule has 1 amide bonds. The van der Waals surface area contributed by atoms with Crippen LogP contribution in [0.2, 0.25) is 0 Å². The topological polar surface area (TPSA) is 56.0 Å². The number of halogens is 1. The lowest BCUT2D eigenvalue weighted by molar-refractivity contribution is -0.113. The zero-order valence-electron chi connectivity index (χ0n) is 15.1. The smallest absolute Gasteiger partial charge is 0.295 e. The highest BCUT2D eigenvalue weighted by atomic mass is 32.2. The molecule has 0 aliphatic rings. The first-order chi connectivity index (χ1) is 13.0. The standard InChI is InChI=1S/C20H20FN3O2S/c1-14-19(20(26)24(23(14)2)16-9-4-3-5-10-16)22-18(25)13-27-12-15-8-6-7-11-17(15)21/h3-11H,12-13H2,1-2H3,(H,22,25). The molecule has 0 fully saturated rings. The van der Waals surface area contributed by atoms with E-state index in [1.54, 1.807) is 36.9 Å². The molecule has 0 unspecified atom stereocenters. The van der Waals surface area contributed by atoms with Crippen molar-refractivity contribution in [2.24, 2.45) is 7.05 Å². The van der Waals surface area contributed by atoms with E-state index >= 15 is 0 Å². The lowest BCUT2D eigenvalue weighted by Crippen LogP contribution is -2.23. The summed E-state index contributed by atoms with van der Waals surface area (Å²) < 4.78 is 16.8. The van der Waals surface area contributed by atoms with E-state index in [2.05, 4.69) is 5.32 Å². The number of amides is 1. The van der Waals surface area contributed by atoms with Crippen molar-refractivity contribution in [2.45, 2.75) is 12.7 Å². The van der Waals surface area contributed by atoms with Crippen LogP contribution in [-0.2, 0) is 17.6 Å². The molecular weight excluding hydrogens is 365 g/mol. The van der Waals surface area contributed by atoms with Gasteiger partial charge in [0.1, 0.15) is 11.5 Å². The first-order valence-electron chi connectivity index (χ1n) is 8.44. The van der Waals surface area contributed by atoms with Crippen LogP contribution in [0.1, 0.15) is 11.3 Å². The van der Waals surface area contributed by atoms with Crippen LogP contribution in [-0.4, -0.2) is 21.0 Å². The zero-order valence-corrected chi connectivity index (χ0v) is 15.9. The number of para-hydroxylation sites is 1. The molecule has 140 valence electrons. The fourth-order valence-electron chi connectivity index (χ4n) is 2.76. The Balaban J connectivity index is 1.70. The van der Waals surface area contributed by atoms with Crippen LogP contribution in [0.4, 0.5) is 10.1 Å². The Bertz CT molecular complexity index is 1010. The second kappa shape index (κ2) is 8.26. The van der Waals surface area contributed by atoms with Crippen LogP contribution in [0.25, 0.3) is 5.69 Å². The van der Waals surface area contributed by atoms with Crippen LogP contribution in [0.15, 0.2) is 59.4 Å². The molecule has 0 saturated heterocycles. The Hall–Kier alpha value is -2.80. The van der Waals surface area contributed by atoms with Crippen LogP contribution in [0.3, 0.4) is 0 Å². The van der Waals surface area contributed by atoms with E-state index in [0.29, 0.717) is 17.0 Å². The molecule has 1 heterocycles. The molecule has 1 N–H and O–H groups in total. The molecule has 0 radical (unpaired) electrons. The van der Waals surface area contributed by atoms with Gasteiger partial charge in [-0.25, -0.2) is 9.07 Å². The number of nitrogens with one attached hydrogen (secondary N) is 1. The summed E-state index contributed by atoms with van der Waals surface area (Å²) in [6, 6.07) is 15.7. The van der Waals surface area contributed by atoms with Crippen molar-refractivity contribution in [3.8, 4) is 5.69 Å². The maximum atomic E-state index is 13.6. The monoisotopic (exact) mass is 385 g/mol. The molecule has 0 atom stereocenters. The van der Waals surface area contributed by atoms with Gasteiger partial charge in [-0.05, 0) is 30.7 Å². The minimum atomic E-state index is -0.289. The molecule has 5 nitrogen and oxygen atoms in total. The van der Waals surface area contributed by atoms with Gasteiger partial charge in [-0.15, -0.1) is 11.8 Å². The molecule has 0 aliphatic heterocycles. The Morgan fingerprint density at radius 3 is 2.48 bits per heavy atom. The Morgan fingerprint density at radius 1 is 1.11 bits per heavy atom. The lowest BCUT2D eigenvalue weighted by atomic mass is 10.2. The maximum Gasteiger partial charge on any atom is 0.295 e. The molecule has 0 spiro atoms. The van der Waals surface area contributed by atoms with Crippen molar-refractivity contribution in [1.29, 1.82) is 0 Å². The summed E-state index contributed by atoms with van der Waals surface area (Å²) in [6.07, 6.45) is 0. The van der Waals surface area contributed by atoms with E-state index in [-0.39, 0.29) is 28.7 Å². The van der Waals surface area contributed by atoms with Gasteiger partial charge in [-0.2, -0.15) is 0 Å². The number of benzene rings is 2. The summed E-state index contributed by atoms with van der Waals surface area (Å²) in [5.41, 5.74) is 1.92. The molecule has 1 aromatic heterocycles. The van der Waals surface area contributed by atoms with E-state index < -0.39 is 0 Å². The Kier molecular flexibility index (Phi) is 5.81. The van der Waals surface area contributed by atoms with Gasteiger partial charge in [0.25, 0.3) is 5.56 Å². The fraction of sp³-hybridized carbons (Fsp3) is 0.200. The average molecular weight is 385 g/mol. The first kappa shape index (κ1) is 19.0. The highest BCUT2D eigenvalue weighted by Crippen LogP contribution is 2.17. The third-order valence-electron chi connectivity index (χ3n) is 4.27. The van der Waals surface area contributed by atoms with Crippen LogP contribution < -0.4 is 10.9 Å². The largest absolute Gasteiger partial charge is 0.319 e. The van der Waals surface area contributed by atoms with Crippen molar-refractivity contribution in [1.82, 2.24) is 9.36 Å². The number of thioether (sulfide) groups is 1. The third kappa shape index (κ3) is 4.14. The quantitative estimate of drug-likeness (QED) is 0.707. The summed E-state index contributed by atoms with van der Waals surface area (Å²) in [6.45, 7) is 1.78. The van der Waals surface area contributed by atoms with Gasteiger partial charge in [0.2, 0.25) is 5.91 Å². The molecule has 3 rings (SSSR count). The number of hydrogen-bond acceptors (Lipinski definition) is 3. The van der Waals surface area contributed by atoms with Crippen molar-refractivity contribution in [2.75, 3.05) is 11.1 Å². The van der Waals surface area contributed by atoms with Crippen molar-refractivity contribution in [3.63, 3.8) is 0 Å². The lowest BCUT2D eigenvalue weighted by Gasteiger charge is -2.07. The number of carbonyl (C=O) groups is 1. The van der Waals surface area contributed by atoms with Crippen molar-refractivity contribution < 1.29 is 9.18 Å². The average Bonchev–Trinajstić information content (AvgIpc) is 2.87. The van der Waals surface area contributed by atoms with Gasteiger partial charge in [0, 0.05) is 12.8 Å². The maximum absolute atomic E-state index is 13.6. The summed E-state index contributed by atoms with van der Waals surface area (Å²) in [5.74, 6) is -0.0485. The Morgan fingerprint density at radius 2 is 1.78 bits per heavy atom. The highest BCUT2D eigenvalue weighted by Gasteiger charge is 2.18. The van der Waals surface area contributed by atoms with Gasteiger partial charge in [0.05, 0.1) is 17.1 Å². The predicted octanol–water partition coefficient (Wildman–Crippen LogP) is 3.50. The normalized spacial score (nSPS) is 10.8. The number of hydrogen-bond donors (Lipinski definition) is 1. The molecule has 7 heteroatoms. The molecule has 0 saturated carbocycles. The minimum absolute atomic E-state index is 0.132. The van der Waals surface area contributed by atoms with E-state index in [1.165, 1.54) is 22.5 Å². The number of aromatic nitrogens is 2. The SMILES string of the molecule is Cc1c(NC(=O)CSCc2ccccc2F)c(=O)n(-c2ccccc2)n1C. The highest BCUT2D eigenvalue weighted by molar-refractivity contribution is 7.99. The van der Waals surface area contributed by atoms with Gasteiger partial charge in [0.15, 0.2) is 0 Å².